The number of hydrogen-bond donors (Lipinski definition) is 0. The highest BCUT2D eigenvalue weighted by Gasteiger charge is 2.56. The molecule has 0 N–H and O–H groups in total. The van der Waals surface area contributed by atoms with E-state index in [-0.39, 0.29) is 6.04 Å². The Balaban J connectivity index is 2.16. The monoisotopic (exact) mass is 179 g/mol. The number of carbonyl (C=O) groups excluding carboxylic acids is 1. The van der Waals surface area contributed by atoms with Gasteiger partial charge >= 0.3 is 0 Å². The van der Waals surface area contributed by atoms with Crippen LogP contribution in [-0.2, 0) is 4.79 Å². The fourth-order valence-electron chi connectivity index (χ4n) is 3.36. The quantitative estimate of drug-likeness (QED) is 0.449. The normalized spacial score (nSPS) is 46.1. The Morgan fingerprint density at radius 1 is 1.38 bits per heavy atom. The van der Waals surface area contributed by atoms with E-state index in [1.807, 2.05) is 0 Å². The minimum atomic E-state index is 0.259. The Morgan fingerprint density at radius 2 is 2.08 bits per heavy atom. The molecule has 2 heteroatoms. The van der Waals surface area contributed by atoms with Crippen molar-refractivity contribution in [2.24, 2.45) is 28.2 Å². The number of aliphatic imine (C=N–C) groups is 1. The van der Waals surface area contributed by atoms with E-state index in [2.05, 4.69) is 25.8 Å². The Morgan fingerprint density at radius 3 is 2.54 bits per heavy atom. The van der Waals surface area contributed by atoms with Crippen molar-refractivity contribution in [3.05, 3.63) is 0 Å². The lowest BCUT2D eigenvalue weighted by atomic mass is 9.45. The summed E-state index contributed by atoms with van der Waals surface area (Å²) in [5.74, 6) is 2.13. The number of fused-ring (bicyclic) bond motifs is 2. The Labute approximate surface area is 79.4 Å². The molecule has 0 radical (unpaired) electrons. The molecule has 0 aromatic heterocycles. The van der Waals surface area contributed by atoms with Crippen LogP contribution < -0.4 is 0 Å². The molecule has 4 atom stereocenters. The van der Waals surface area contributed by atoms with Crippen LogP contribution in [0.1, 0.15) is 33.6 Å². The summed E-state index contributed by atoms with van der Waals surface area (Å²) in [5.41, 5.74) is 0.494. The third kappa shape index (κ3) is 1.08. The zero-order valence-electron chi connectivity index (χ0n) is 8.58. The molecule has 0 heterocycles. The third-order valence-corrected chi connectivity index (χ3v) is 4.53. The fourth-order valence-corrected chi connectivity index (χ4v) is 3.36. The summed E-state index contributed by atoms with van der Waals surface area (Å²) >= 11 is 0. The second-order valence-corrected chi connectivity index (χ2v) is 5.24. The van der Waals surface area contributed by atoms with Gasteiger partial charge in [-0.15, -0.1) is 0 Å². The van der Waals surface area contributed by atoms with Crippen molar-refractivity contribution in [2.75, 3.05) is 0 Å². The molecule has 0 aromatic carbocycles. The van der Waals surface area contributed by atoms with E-state index >= 15 is 0 Å². The molecule has 0 unspecified atom stereocenters. The van der Waals surface area contributed by atoms with Crippen LogP contribution in [-0.4, -0.2) is 12.1 Å². The lowest BCUT2D eigenvalue weighted by Crippen LogP contribution is -2.56. The van der Waals surface area contributed by atoms with Gasteiger partial charge in [-0.05, 0) is 36.0 Å². The van der Waals surface area contributed by atoms with Gasteiger partial charge in [0.1, 0.15) is 0 Å². The van der Waals surface area contributed by atoms with E-state index in [1.165, 1.54) is 6.42 Å². The van der Waals surface area contributed by atoms with Crippen molar-refractivity contribution in [1.82, 2.24) is 0 Å². The third-order valence-electron chi connectivity index (χ3n) is 4.53. The van der Waals surface area contributed by atoms with Crippen LogP contribution >= 0.6 is 0 Å². The number of nitrogens with zero attached hydrogens (tertiary/aromatic N) is 1. The van der Waals surface area contributed by atoms with Crippen LogP contribution in [0, 0.1) is 23.2 Å². The van der Waals surface area contributed by atoms with Gasteiger partial charge in [0.25, 0.3) is 0 Å². The summed E-state index contributed by atoms with van der Waals surface area (Å²) < 4.78 is 0. The van der Waals surface area contributed by atoms with Gasteiger partial charge in [-0.3, -0.25) is 0 Å². The summed E-state index contributed by atoms with van der Waals surface area (Å²) in [6.07, 6.45) is 4.15. The van der Waals surface area contributed by atoms with E-state index in [0.29, 0.717) is 11.3 Å². The fraction of sp³-hybridized carbons (Fsp3) is 0.909. The maximum absolute atomic E-state index is 10.2. The zero-order valence-corrected chi connectivity index (χ0v) is 8.58. The zero-order chi connectivity index (χ0) is 9.64. The Hall–Kier alpha value is -0.620. The highest BCUT2D eigenvalue weighted by molar-refractivity contribution is 5.34. The lowest BCUT2D eigenvalue weighted by molar-refractivity contribution is -0.108. The van der Waals surface area contributed by atoms with Gasteiger partial charge in [0.05, 0.1) is 6.04 Å². The topological polar surface area (TPSA) is 29.4 Å². The first-order valence-electron chi connectivity index (χ1n) is 5.14. The van der Waals surface area contributed by atoms with E-state index in [4.69, 9.17) is 0 Å². The molecule has 2 bridgehead atoms. The maximum Gasteiger partial charge on any atom is 0.235 e. The second kappa shape index (κ2) is 2.68. The van der Waals surface area contributed by atoms with Gasteiger partial charge in [-0.25, -0.2) is 9.79 Å². The first-order valence-corrected chi connectivity index (χ1v) is 5.14. The molecule has 3 saturated carbocycles. The highest BCUT2D eigenvalue weighted by atomic mass is 16.1. The lowest BCUT2D eigenvalue weighted by Gasteiger charge is -2.61. The largest absolute Gasteiger partial charge is 0.235 e. The molecular weight excluding hydrogens is 162 g/mol. The van der Waals surface area contributed by atoms with Gasteiger partial charge in [0, 0.05) is 0 Å². The molecule has 0 amide bonds. The van der Waals surface area contributed by atoms with Gasteiger partial charge in [-0.2, -0.15) is 0 Å². The van der Waals surface area contributed by atoms with E-state index in [0.717, 1.165) is 18.3 Å². The van der Waals surface area contributed by atoms with Crippen LogP contribution in [0.4, 0.5) is 0 Å². The first-order chi connectivity index (χ1) is 6.07. The van der Waals surface area contributed by atoms with E-state index in [9.17, 15) is 4.79 Å². The van der Waals surface area contributed by atoms with Crippen molar-refractivity contribution in [3.63, 3.8) is 0 Å². The molecule has 0 aromatic rings. The molecular formula is C11H17NO. The molecule has 3 aliphatic rings. The SMILES string of the molecule is C[C@@H]1[C@H]2C[C@@H](C[C@H]1N=C=O)C2(C)C. The molecule has 2 nitrogen and oxygen atoms in total. The van der Waals surface area contributed by atoms with Gasteiger partial charge in [0.2, 0.25) is 6.08 Å². The first kappa shape index (κ1) is 8.96. The minimum absolute atomic E-state index is 0.259. The van der Waals surface area contributed by atoms with Gasteiger partial charge in [0.15, 0.2) is 0 Å². The van der Waals surface area contributed by atoms with E-state index < -0.39 is 0 Å². The predicted octanol–water partition coefficient (Wildman–Crippen LogP) is 2.39. The summed E-state index contributed by atoms with van der Waals surface area (Å²) in [4.78, 5) is 14.1. The number of hydrogen-bond acceptors (Lipinski definition) is 2. The predicted molar refractivity (Wildman–Crippen MR) is 51.1 cm³/mol. The van der Waals surface area contributed by atoms with Crippen molar-refractivity contribution in [3.8, 4) is 0 Å². The highest BCUT2D eigenvalue weighted by Crippen LogP contribution is 2.61. The van der Waals surface area contributed by atoms with E-state index in [1.54, 1.807) is 6.08 Å². The summed E-state index contributed by atoms with van der Waals surface area (Å²) in [6.45, 7) is 6.93. The molecule has 72 valence electrons. The minimum Gasteiger partial charge on any atom is -0.211 e. The van der Waals surface area contributed by atoms with Crippen molar-refractivity contribution >= 4 is 6.08 Å². The van der Waals surface area contributed by atoms with Crippen molar-refractivity contribution < 1.29 is 4.79 Å². The smallest absolute Gasteiger partial charge is 0.211 e. The second-order valence-electron chi connectivity index (χ2n) is 5.24. The molecule has 0 saturated heterocycles. The molecule has 13 heavy (non-hydrogen) atoms. The summed E-state index contributed by atoms with van der Waals surface area (Å²) in [7, 11) is 0. The maximum atomic E-state index is 10.2. The molecule has 0 spiro atoms. The molecule has 3 aliphatic carbocycles. The van der Waals surface area contributed by atoms with Crippen LogP contribution in [0.2, 0.25) is 0 Å². The summed E-state index contributed by atoms with van der Waals surface area (Å²) in [5, 5.41) is 0. The van der Waals surface area contributed by atoms with Gasteiger partial charge in [-0.1, -0.05) is 20.8 Å². The standard InChI is InChI=1S/C11H17NO/c1-7-9-4-8(11(9,2)3)5-10(7)12-6-13/h7-10H,4-5H2,1-3H3/t7-,8+,9-,10-/m1/s1. The molecule has 0 aliphatic heterocycles. The summed E-state index contributed by atoms with van der Waals surface area (Å²) in [6, 6.07) is 0.259. The number of rotatable bonds is 1. The average molecular weight is 179 g/mol. The number of isocyanates is 1. The van der Waals surface area contributed by atoms with Crippen molar-refractivity contribution in [1.29, 1.82) is 0 Å². The van der Waals surface area contributed by atoms with Crippen LogP contribution in [0.15, 0.2) is 4.99 Å². The molecule has 3 fully saturated rings. The Kier molecular flexibility index (Phi) is 1.85. The van der Waals surface area contributed by atoms with Crippen molar-refractivity contribution in [2.45, 2.75) is 39.7 Å². The van der Waals surface area contributed by atoms with Crippen LogP contribution in [0.3, 0.4) is 0 Å². The van der Waals surface area contributed by atoms with Crippen LogP contribution in [0.25, 0.3) is 0 Å². The average Bonchev–Trinajstić information content (AvgIpc) is 2.08. The molecule has 3 rings (SSSR count). The van der Waals surface area contributed by atoms with Gasteiger partial charge < -0.3 is 0 Å². The van der Waals surface area contributed by atoms with Crippen LogP contribution in [0.5, 0.6) is 0 Å². The Bertz CT molecular complexity index is 265.